The number of hydrogen-bond donors (Lipinski definition) is 1. The molecule has 1 fully saturated rings. The molecule has 5 heterocycles. The summed E-state index contributed by atoms with van der Waals surface area (Å²) in [6.07, 6.45) is 14.7. The summed E-state index contributed by atoms with van der Waals surface area (Å²) in [6, 6.07) is 2.26. The first-order valence-electron chi connectivity index (χ1n) is 9.54. The average molecular weight is 394 g/mol. The van der Waals surface area contributed by atoms with Crippen molar-refractivity contribution >= 4 is 28.8 Å². The SMILES string of the molecule is C[C@@H]1C[C@H](N)CN(c2ccncc2N2C(c3nccs3)C=Cc3cncn32)C1. The van der Waals surface area contributed by atoms with Crippen LogP contribution in [0.4, 0.5) is 11.4 Å². The number of thiazole rings is 1. The Morgan fingerprint density at radius 1 is 1.14 bits per heavy atom. The summed E-state index contributed by atoms with van der Waals surface area (Å²) < 4.78 is 2.08. The van der Waals surface area contributed by atoms with Crippen molar-refractivity contribution in [2.75, 3.05) is 23.0 Å². The number of rotatable bonds is 3. The van der Waals surface area contributed by atoms with Crippen LogP contribution in [0, 0.1) is 5.92 Å². The second-order valence-corrected chi connectivity index (χ2v) is 8.48. The number of nitrogens with zero attached hydrogens (tertiary/aromatic N) is 6. The minimum absolute atomic E-state index is 0.0134. The highest BCUT2D eigenvalue weighted by molar-refractivity contribution is 7.09. The molecule has 144 valence electrons. The van der Waals surface area contributed by atoms with E-state index in [9.17, 15) is 0 Å². The first-order valence-corrected chi connectivity index (χ1v) is 10.4. The molecule has 2 N–H and O–H groups in total. The molecule has 3 aromatic heterocycles. The van der Waals surface area contributed by atoms with Crippen LogP contribution in [0.5, 0.6) is 0 Å². The molecule has 8 heteroatoms. The van der Waals surface area contributed by atoms with Crippen LogP contribution in [0.15, 0.2) is 48.6 Å². The van der Waals surface area contributed by atoms with Crippen molar-refractivity contribution in [3.8, 4) is 0 Å². The molecule has 28 heavy (non-hydrogen) atoms. The summed E-state index contributed by atoms with van der Waals surface area (Å²) in [5.41, 5.74) is 9.56. The van der Waals surface area contributed by atoms with E-state index in [1.165, 1.54) is 0 Å². The van der Waals surface area contributed by atoms with E-state index in [1.807, 2.05) is 36.5 Å². The average Bonchev–Trinajstić information content (AvgIpc) is 3.38. The number of hydrogen-bond acceptors (Lipinski definition) is 7. The third-order valence-electron chi connectivity index (χ3n) is 5.35. The van der Waals surface area contributed by atoms with Crippen molar-refractivity contribution in [2.24, 2.45) is 11.7 Å². The Kier molecular flexibility index (Phi) is 4.37. The monoisotopic (exact) mass is 393 g/mol. The van der Waals surface area contributed by atoms with Gasteiger partial charge < -0.3 is 10.6 Å². The highest BCUT2D eigenvalue weighted by Gasteiger charge is 2.31. The zero-order valence-electron chi connectivity index (χ0n) is 15.7. The lowest BCUT2D eigenvalue weighted by molar-refractivity contribution is 0.401. The molecule has 7 nitrogen and oxygen atoms in total. The smallest absolute Gasteiger partial charge is 0.121 e. The van der Waals surface area contributed by atoms with Crippen molar-refractivity contribution in [3.63, 3.8) is 0 Å². The standard InChI is InChI=1S/C20H23N7S/c1-14-8-15(21)12-25(11-14)17-4-5-22-10-19(17)27-18(20-24-6-7-28-20)3-2-16-9-23-13-26(16)27/h2-7,9-10,13-15,18H,8,11-12,21H2,1H3/t14-,15+,18?/m1/s1. The number of imidazole rings is 1. The maximum Gasteiger partial charge on any atom is 0.121 e. The van der Waals surface area contributed by atoms with Gasteiger partial charge in [0, 0.05) is 36.9 Å². The minimum Gasteiger partial charge on any atom is -0.368 e. The number of aromatic nitrogens is 4. The highest BCUT2D eigenvalue weighted by Crippen LogP contribution is 2.39. The lowest BCUT2D eigenvalue weighted by Gasteiger charge is -2.41. The van der Waals surface area contributed by atoms with Crippen LogP contribution in [0.1, 0.15) is 30.1 Å². The Hall–Kier alpha value is -2.71. The number of piperidine rings is 1. The van der Waals surface area contributed by atoms with Gasteiger partial charge >= 0.3 is 0 Å². The van der Waals surface area contributed by atoms with Crippen LogP contribution in [0.25, 0.3) is 6.08 Å². The van der Waals surface area contributed by atoms with E-state index in [-0.39, 0.29) is 12.1 Å². The van der Waals surface area contributed by atoms with E-state index < -0.39 is 0 Å². The molecule has 0 amide bonds. The van der Waals surface area contributed by atoms with Crippen molar-refractivity contribution in [2.45, 2.75) is 25.4 Å². The van der Waals surface area contributed by atoms with Gasteiger partial charge in [-0.25, -0.2) is 14.6 Å². The van der Waals surface area contributed by atoms with Crippen molar-refractivity contribution in [1.29, 1.82) is 0 Å². The first-order chi connectivity index (χ1) is 13.7. The van der Waals surface area contributed by atoms with E-state index in [0.29, 0.717) is 5.92 Å². The van der Waals surface area contributed by atoms with Gasteiger partial charge in [0.25, 0.3) is 0 Å². The molecule has 3 aromatic rings. The Morgan fingerprint density at radius 3 is 2.89 bits per heavy atom. The molecule has 1 unspecified atom stereocenters. The van der Waals surface area contributed by atoms with Crippen molar-refractivity contribution in [3.05, 3.63) is 59.3 Å². The zero-order valence-corrected chi connectivity index (χ0v) is 16.5. The quantitative estimate of drug-likeness (QED) is 0.737. The van der Waals surface area contributed by atoms with Gasteiger partial charge in [0.1, 0.15) is 23.1 Å². The van der Waals surface area contributed by atoms with Crippen LogP contribution in [0.2, 0.25) is 0 Å². The summed E-state index contributed by atoms with van der Waals surface area (Å²) in [7, 11) is 0. The van der Waals surface area contributed by atoms with E-state index in [4.69, 9.17) is 5.73 Å². The zero-order chi connectivity index (χ0) is 19.1. The summed E-state index contributed by atoms with van der Waals surface area (Å²) in [5, 5.41) is 5.28. The van der Waals surface area contributed by atoms with Crippen LogP contribution >= 0.6 is 11.3 Å². The molecule has 0 aromatic carbocycles. The molecule has 1 saturated heterocycles. The van der Waals surface area contributed by atoms with Gasteiger partial charge in [0.05, 0.1) is 23.8 Å². The van der Waals surface area contributed by atoms with E-state index in [1.54, 1.807) is 11.3 Å². The molecule has 0 spiro atoms. The van der Waals surface area contributed by atoms with Gasteiger partial charge in [-0.2, -0.15) is 0 Å². The molecule has 0 aliphatic carbocycles. The van der Waals surface area contributed by atoms with Crippen LogP contribution in [-0.2, 0) is 0 Å². The molecule has 0 bridgehead atoms. The largest absolute Gasteiger partial charge is 0.368 e. The minimum atomic E-state index is -0.0134. The first kappa shape index (κ1) is 17.4. The predicted molar refractivity (Wildman–Crippen MR) is 112 cm³/mol. The van der Waals surface area contributed by atoms with E-state index >= 15 is 0 Å². The highest BCUT2D eigenvalue weighted by atomic mass is 32.1. The molecule has 5 rings (SSSR count). The molecule has 0 radical (unpaired) electrons. The maximum absolute atomic E-state index is 6.34. The molecular formula is C20H23N7S. The number of nitrogens with two attached hydrogens (primary N) is 1. The molecule has 3 atom stereocenters. The fraction of sp³-hybridized carbons (Fsp3) is 0.350. The second kappa shape index (κ2) is 7.03. The fourth-order valence-electron chi connectivity index (χ4n) is 4.26. The summed E-state index contributed by atoms with van der Waals surface area (Å²) in [4.78, 5) is 15.8. The van der Waals surface area contributed by atoms with Gasteiger partial charge in [-0.15, -0.1) is 11.3 Å². The second-order valence-electron chi connectivity index (χ2n) is 7.55. The summed E-state index contributed by atoms with van der Waals surface area (Å²) >= 11 is 1.66. The molecule has 2 aliphatic rings. The van der Waals surface area contributed by atoms with Crippen LogP contribution in [-0.4, -0.2) is 38.8 Å². The number of fused-ring (bicyclic) bond motifs is 1. The van der Waals surface area contributed by atoms with Crippen molar-refractivity contribution < 1.29 is 0 Å². The lowest BCUT2D eigenvalue weighted by atomic mass is 9.96. The lowest BCUT2D eigenvalue weighted by Crippen LogP contribution is -2.47. The van der Waals surface area contributed by atoms with E-state index in [2.05, 4.69) is 54.7 Å². The van der Waals surface area contributed by atoms with Crippen molar-refractivity contribution in [1.82, 2.24) is 19.6 Å². The van der Waals surface area contributed by atoms with E-state index in [0.717, 1.165) is 41.6 Å². The molecule has 0 saturated carbocycles. The normalized spacial score (nSPS) is 24.4. The predicted octanol–water partition coefficient (Wildman–Crippen LogP) is 2.95. The summed E-state index contributed by atoms with van der Waals surface area (Å²) in [5.74, 6) is 0.560. The Balaban J connectivity index is 1.62. The Labute approximate surface area is 168 Å². The van der Waals surface area contributed by atoms with Crippen LogP contribution < -0.4 is 15.6 Å². The Bertz CT molecular complexity index is 970. The van der Waals surface area contributed by atoms with Gasteiger partial charge in [-0.05, 0) is 24.5 Å². The maximum atomic E-state index is 6.34. The van der Waals surface area contributed by atoms with Gasteiger partial charge in [0.15, 0.2) is 0 Å². The Morgan fingerprint density at radius 2 is 2.07 bits per heavy atom. The summed E-state index contributed by atoms with van der Waals surface area (Å²) in [6.45, 7) is 4.11. The third-order valence-corrected chi connectivity index (χ3v) is 6.20. The number of pyridine rings is 1. The molecule has 2 aliphatic heterocycles. The number of anilines is 2. The van der Waals surface area contributed by atoms with Gasteiger partial charge in [0.2, 0.25) is 0 Å². The third kappa shape index (κ3) is 2.98. The molecular weight excluding hydrogens is 370 g/mol. The topological polar surface area (TPSA) is 76.1 Å². The van der Waals surface area contributed by atoms with Crippen LogP contribution in [0.3, 0.4) is 0 Å². The van der Waals surface area contributed by atoms with Gasteiger partial charge in [-0.1, -0.05) is 13.0 Å². The fourth-order valence-corrected chi connectivity index (χ4v) is 4.96. The van der Waals surface area contributed by atoms with Gasteiger partial charge in [-0.3, -0.25) is 9.99 Å².